The van der Waals surface area contributed by atoms with Gasteiger partial charge in [0, 0.05) is 6.07 Å². The first-order valence-corrected chi connectivity index (χ1v) is 8.94. The molecule has 4 rings (SSSR count). The zero-order valence-corrected chi connectivity index (χ0v) is 16.2. The van der Waals surface area contributed by atoms with Crippen molar-refractivity contribution in [1.82, 2.24) is 0 Å². The first kappa shape index (κ1) is 17.4. The first-order chi connectivity index (χ1) is 13.1. The van der Waals surface area contributed by atoms with Crippen molar-refractivity contribution in [3.63, 3.8) is 0 Å². The fourth-order valence-electron chi connectivity index (χ4n) is 2.96. The van der Waals surface area contributed by atoms with Crippen LogP contribution in [0.5, 0.6) is 11.5 Å². The van der Waals surface area contributed by atoms with Crippen molar-refractivity contribution in [3.8, 4) is 11.5 Å². The fraction of sp³-hybridized carbons (Fsp3) is 0.0952. The second-order valence-corrected chi connectivity index (χ2v) is 6.63. The van der Waals surface area contributed by atoms with Gasteiger partial charge in [-0.1, -0.05) is 18.2 Å². The van der Waals surface area contributed by atoms with Crippen molar-refractivity contribution in [3.05, 3.63) is 68.7 Å². The maximum Gasteiger partial charge on any atom is 0.197 e. The van der Waals surface area contributed by atoms with E-state index in [4.69, 9.17) is 18.3 Å². The molecule has 2 aromatic carbocycles. The van der Waals surface area contributed by atoms with Crippen LogP contribution in [0, 0.1) is 0 Å². The van der Waals surface area contributed by atoms with Crippen molar-refractivity contribution < 1.29 is 18.3 Å². The van der Waals surface area contributed by atoms with Crippen molar-refractivity contribution in [2.45, 2.75) is 0 Å². The van der Waals surface area contributed by atoms with Gasteiger partial charge in [0.2, 0.25) is 0 Å². The van der Waals surface area contributed by atoms with Gasteiger partial charge in [0.05, 0.1) is 25.9 Å². The summed E-state index contributed by atoms with van der Waals surface area (Å²) in [5.74, 6) is 1.65. The lowest BCUT2D eigenvalue weighted by atomic mass is 10.1. The van der Waals surface area contributed by atoms with E-state index in [9.17, 15) is 4.79 Å². The van der Waals surface area contributed by atoms with Crippen LogP contribution in [0.15, 0.2) is 60.8 Å². The minimum atomic E-state index is -0.189. The van der Waals surface area contributed by atoms with Crippen LogP contribution in [-0.2, 0) is 0 Å². The number of benzene rings is 2. The number of furan rings is 1. The Bertz CT molecular complexity index is 1220. The molecule has 136 valence electrons. The Hall–Kier alpha value is -2.99. The highest BCUT2D eigenvalue weighted by atomic mass is 79.9. The average Bonchev–Trinajstić information content (AvgIpc) is 3.18. The van der Waals surface area contributed by atoms with Crippen LogP contribution in [0.2, 0.25) is 0 Å². The minimum absolute atomic E-state index is 0.189. The van der Waals surface area contributed by atoms with Gasteiger partial charge in [0.15, 0.2) is 16.6 Å². The van der Waals surface area contributed by atoms with Crippen LogP contribution in [0.25, 0.3) is 34.1 Å². The van der Waals surface area contributed by atoms with Gasteiger partial charge in [-0.3, -0.25) is 4.79 Å². The Morgan fingerprint density at radius 3 is 2.48 bits per heavy atom. The van der Waals surface area contributed by atoms with Gasteiger partial charge < -0.3 is 18.3 Å². The molecule has 6 heteroatoms. The molecule has 0 unspecified atom stereocenters. The van der Waals surface area contributed by atoms with Crippen LogP contribution in [-0.4, -0.2) is 14.2 Å². The van der Waals surface area contributed by atoms with Crippen LogP contribution >= 0.6 is 15.9 Å². The molecule has 2 aromatic heterocycles. The molecule has 0 fully saturated rings. The predicted molar refractivity (Wildman–Crippen MR) is 108 cm³/mol. The van der Waals surface area contributed by atoms with E-state index in [0.29, 0.717) is 37.9 Å². The molecule has 5 nitrogen and oxygen atoms in total. The van der Waals surface area contributed by atoms with Crippen molar-refractivity contribution in [2.75, 3.05) is 14.2 Å². The summed E-state index contributed by atoms with van der Waals surface area (Å²) < 4.78 is 22.7. The van der Waals surface area contributed by atoms with E-state index in [1.54, 1.807) is 25.5 Å². The summed E-state index contributed by atoms with van der Waals surface area (Å²) >= 11 is 3.49. The monoisotopic (exact) mass is 426 g/mol. The molecular weight excluding hydrogens is 412 g/mol. The summed E-state index contributed by atoms with van der Waals surface area (Å²) in [6.07, 6.45) is 5.15. The highest BCUT2D eigenvalue weighted by molar-refractivity contribution is 9.10. The van der Waals surface area contributed by atoms with Crippen LogP contribution in [0.4, 0.5) is 0 Å². The van der Waals surface area contributed by atoms with Crippen LogP contribution < -0.4 is 14.9 Å². The molecule has 2 heterocycles. The predicted octanol–water partition coefficient (Wildman–Crippen LogP) is 5.49. The van der Waals surface area contributed by atoms with Crippen molar-refractivity contribution >= 4 is 50.0 Å². The van der Waals surface area contributed by atoms with E-state index in [-0.39, 0.29) is 5.43 Å². The number of hydrogen-bond donors (Lipinski definition) is 0. The number of ether oxygens (including phenoxy) is 2. The quantitative estimate of drug-likeness (QED) is 0.431. The summed E-state index contributed by atoms with van der Waals surface area (Å²) in [6.45, 7) is 0. The van der Waals surface area contributed by atoms with Crippen LogP contribution in [0.1, 0.15) is 11.3 Å². The topological polar surface area (TPSA) is 61.8 Å². The summed E-state index contributed by atoms with van der Waals surface area (Å²) in [4.78, 5) is 12.8. The molecule has 0 aliphatic heterocycles. The Morgan fingerprint density at radius 2 is 1.78 bits per heavy atom. The van der Waals surface area contributed by atoms with E-state index in [1.165, 1.54) is 13.2 Å². The molecule has 0 amide bonds. The normalized spacial score (nSPS) is 11.5. The number of rotatable bonds is 4. The Balaban J connectivity index is 1.85. The lowest BCUT2D eigenvalue weighted by Gasteiger charge is -2.08. The van der Waals surface area contributed by atoms with Gasteiger partial charge in [0.1, 0.15) is 27.1 Å². The SMILES string of the molecule is COc1ccc(/C=C/c2cc(=O)c3c(OC)c4ccoc4c(Br)c3o2)cc1. The lowest BCUT2D eigenvalue weighted by molar-refractivity contribution is 0.415. The maximum atomic E-state index is 12.8. The molecule has 0 radical (unpaired) electrons. The van der Waals surface area contributed by atoms with E-state index in [1.807, 2.05) is 30.3 Å². The molecule has 4 aromatic rings. The molecule has 0 atom stereocenters. The number of methoxy groups -OCH3 is 2. The second-order valence-electron chi connectivity index (χ2n) is 5.83. The zero-order chi connectivity index (χ0) is 19.0. The molecule has 0 N–H and O–H groups in total. The summed E-state index contributed by atoms with van der Waals surface area (Å²) in [6, 6.07) is 10.8. The minimum Gasteiger partial charge on any atom is -0.497 e. The van der Waals surface area contributed by atoms with Gasteiger partial charge in [-0.15, -0.1) is 0 Å². The van der Waals surface area contributed by atoms with E-state index >= 15 is 0 Å². The van der Waals surface area contributed by atoms with E-state index in [2.05, 4.69) is 15.9 Å². The fourth-order valence-corrected chi connectivity index (χ4v) is 3.55. The summed E-state index contributed by atoms with van der Waals surface area (Å²) in [5, 5.41) is 1.09. The van der Waals surface area contributed by atoms with Gasteiger partial charge in [0.25, 0.3) is 0 Å². The van der Waals surface area contributed by atoms with Crippen molar-refractivity contribution in [1.29, 1.82) is 0 Å². The molecule has 0 bridgehead atoms. The largest absolute Gasteiger partial charge is 0.497 e. The van der Waals surface area contributed by atoms with Gasteiger partial charge in [-0.25, -0.2) is 0 Å². The second kappa shape index (κ2) is 6.96. The van der Waals surface area contributed by atoms with Gasteiger partial charge >= 0.3 is 0 Å². The number of halogens is 1. The molecule has 27 heavy (non-hydrogen) atoms. The lowest BCUT2D eigenvalue weighted by Crippen LogP contribution is -2.03. The molecular formula is C21H15BrO5. The van der Waals surface area contributed by atoms with Crippen LogP contribution in [0.3, 0.4) is 0 Å². The zero-order valence-electron chi connectivity index (χ0n) is 14.6. The highest BCUT2D eigenvalue weighted by Gasteiger charge is 2.20. The van der Waals surface area contributed by atoms with Gasteiger partial charge in [-0.05, 0) is 45.8 Å². The smallest absolute Gasteiger partial charge is 0.197 e. The maximum absolute atomic E-state index is 12.8. The third-order valence-electron chi connectivity index (χ3n) is 4.26. The average molecular weight is 427 g/mol. The Labute approximate surface area is 162 Å². The van der Waals surface area contributed by atoms with Crippen molar-refractivity contribution in [2.24, 2.45) is 0 Å². The third kappa shape index (κ3) is 3.02. The molecule has 0 aliphatic rings. The Morgan fingerprint density at radius 1 is 1.00 bits per heavy atom. The number of hydrogen-bond acceptors (Lipinski definition) is 5. The summed E-state index contributed by atoms with van der Waals surface area (Å²) in [5.41, 5.74) is 1.72. The standard InChI is InChI=1S/C21H15BrO5/c1-24-13-6-3-12(4-7-13)5-8-14-11-16(23)17-19(25-2)15-9-10-26-20(15)18(22)21(17)27-14/h3-11H,1-2H3/b8-5+. The number of fused-ring (bicyclic) bond motifs is 2. The molecule has 0 saturated heterocycles. The first-order valence-electron chi connectivity index (χ1n) is 8.15. The van der Waals surface area contributed by atoms with Gasteiger partial charge in [-0.2, -0.15) is 0 Å². The van der Waals surface area contributed by atoms with E-state index < -0.39 is 0 Å². The van der Waals surface area contributed by atoms with E-state index in [0.717, 1.165) is 11.3 Å². The highest BCUT2D eigenvalue weighted by Crippen LogP contribution is 2.40. The Kier molecular flexibility index (Phi) is 4.49. The third-order valence-corrected chi connectivity index (χ3v) is 4.98. The summed E-state index contributed by atoms with van der Waals surface area (Å²) in [7, 11) is 3.14. The molecule has 0 saturated carbocycles. The molecule has 0 spiro atoms. The molecule has 0 aliphatic carbocycles.